The molecule has 0 unspecified atom stereocenters. The molecule has 2 aromatic rings. The van der Waals surface area contributed by atoms with Crippen molar-refractivity contribution in [2.75, 3.05) is 11.9 Å². The van der Waals surface area contributed by atoms with Crippen molar-refractivity contribution in [3.63, 3.8) is 0 Å². The SMILES string of the molecule is CN(Cc1cccnc1)c1ccncc1Cl. The molecule has 0 bridgehead atoms. The second kappa shape index (κ2) is 4.94. The lowest BCUT2D eigenvalue weighted by Gasteiger charge is -2.19. The number of hydrogen-bond donors (Lipinski definition) is 0. The Kier molecular flexibility index (Phi) is 3.37. The number of anilines is 1. The number of hydrogen-bond acceptors (Lipinski definition) is 3. The Bertz CT molecular complexity index is 459. The van der Waals surface area contributed by atoms with E-state index < -0.39 is 0 Å². The lowest BCUT2D eigenvalue weighted by molar-refractivity contribution is 0.913. The van der Waals surface area contributed by atoms with Crippen LogP contribution in [-0.2, 0) is 6.54 Å². The van der Waals surface area contributed by atoms with Crippen LogP contribution in [0.3, 0.4) is 0 Å². The van der Waals surface area contributed by atoms with Crippen LogP contribution in [0.1, 0.15) is 5.56 Å². The van der Waals surface area contributed by atoms with Crippen LogP contribution < -0.4 is 4.90 Å². The zero-order chi connectivity index (χ0) is 11.4. The van der Waals surface area contributed by atoms with Crippen molar-refractivity contribution in [3.05, 3.63) is 53.6 Å². The molecule has 0 fully saturated rings. The summed E-state index contributed by atoms with van der Waals surface area (Å²) in [4.78, 5) is 10.1. The monoisotopic (exact) mass is 233 g/mol. The smallest absolute Gasteiger partial charge is 0.0822 e. The first-order chi connectivity index (χ1) is 7.77. The molecule has 0 atom stereocenters. The van der Waals surface area contributed by atoms with Gasteiger partial charge in [-0.2, -0.15) is 0 Å². The minimum Gasteiger partial charge on any atom is -0.369 e. The first-order valence-corrected chi connectivity index (χ1v) is 5.35. The summed E-state index contributed by atoms with van der Waals surface area (Å²) in [6, 6.07) is 5.87. The van der Waals surface area contributed by atoms with E-state index in [0.29, 0.717) is 5.02 Å². The van der Waals surface area contributed by atoms with Gasteiger partial charge in [0.15, 0.2) is 0 Å². The topological polar surface area (TPSA) is 29.0 Å². The predicted octanol–water partition coefficient (Wildman–Crippen LogP) is 2.77. The number of nitrogens with zero attached hydrogens (tertiary/aromatic N) is 3. The van der Waals surface area contributed by atoms with E-state index in [2.05, 4.69) is 14.9 Å². The molecule has 0 N–H and O–H groups in total. The highest BCUT2D eigenvalue weighted by Crippen LogP contribution is 2.23. The highest BCUT2D eigenvalue weighted by atomic mass is 35.5. The summed E-state index contributed by atoms with van der Waals surface area (Å²) in [5.41, 5.74) is 2.12. The third-order valence-corrected chi connectivity index (χ3v) is 2.60. The summed E-state index contributed by atoms with van der Waals surface area (Å²) >= 11 is 6.07. The Morgan fingerprint density at radius 1 is 1.19 bits per heavy atom. The van der Waals surface area contributed by atoms with E-state index in [4.69, 9.17) is 11.6 Å². The molecule has 0 saturated heterocycles. The molecule has 2 heterocycles. The molecular formula is C12H12ClN3. The largest absolute Gasteiger partial charge is 0.369 e. The molecule has 0 spiro atoms. The van der Waals surface area contributed by atoms with E-state index in [1.54, 1.807) is 18.6 Å². The summed E-state index contributed by atoms with van der Waals surface area (Å²) in [6.45, 7) is 0.775. The summed E-state index contributed by atoms with van der Waals surface area (Å²) in [6.07, 6.45) is 7.01. The molecule has 0 saturated carbocycles. The van der Waals surface area contributed by atoms with Crippen molar-refractivity contribution < 1.29 is 0 Å². The van der Waals surface area contributed by atoms with Crippen LogP contribution >= 0.6 is 11.6 Å². The molecule has 0 aliphatic heterocycles. The first-order valence-electron chi connectivity index (χ1n) is 4.97. The number of rotatable bonds is 3. The lowest BCUT2D eigenvalue weighted by Crippen LogP contribution is -2.16. The third-order valence-electron chi connectivity index (χ3n) is 2.30. The van der Waals surface area contributed by atoms with Gasteiger partial charge in [-0.15, -0.1) is 0 Å². The quantitative estimate of drug-likeness (QED) is 0.816. The number of aromatic nitrogens is 2. The molecule has 2 aromatic heterocycles. The van der Waals surface area contributed by atoms with Gasteiger partial charge in [0.1, 0.15) is 0 Å². The lowest BCUT2D eigenvalue weighted by atomic mass is 10.2. The highest BCUT2D eigenvalue weighted by molar-refractivity contribution is 6.33. The van der Waals surface area contributed by atoms with Crippen molar-refractivity contribution in [2.45, 2.75) is 6.54 Å². The zero-order valence-corrected chi connectivity index (χ0v) is 9.72. The fourth-order valence-electron chi connectivity index (χ4n) is 1.53. The highest BCUT2D eigenvalue weighted by Gasteiger charge is 2.05. The summed E-state index contributed by atoms with van der Waals surface area (Å²) in [5, 5.41) is 0.661. The minimum absolute atomic E-state index is 0.661. The van der Waals surface area contributed by atoms with E-state index in [9.17, 15) is 0 Å². The van der Waals surface area contributed by atoms with Gasteiger partial charge < -0.3 is 4.90 Å². The average molecular weight is 234 g/mol. The van der Waals surface area contributed by atoms with Gasteiger partial charge in [-0.3, -0.25) is 9.97 Å². The zero-order valence-electron chi connectivity index (χ0n) is 8.97. The fraction of sp³-hybridized carbons (Fsp3) is 0.167. The molecule has 16 heavy (non-hydrogen) atoms. The van der Waals surface area contributed by atoms with E-state index in [1.807, 2.05) is 31.4 Å². The maximum Gasteiger partial charge on any atom is 0.0822 e. The Morgan fingerprint density at radius 3 is 2.69 bits per heavy atom. The van der Waals surface area contributed by atoms with Gasteiger partial charge in [0, 0.05) is 38.4 Å². The maximum absolute atomic E-state index is 6.07. The molecule has 0 radical (unpaired) electrons. The minimum atomic E-state index is 0.661. The number of pyridine rings is 2. The van der Waals surface area contributed by atoms with Gasteiger partial charge >= 0.3 is 0 Å². The van der Waals surface area contributed by atoms with Crippen molar-refractivity contribution in [1.29, 1.82) is 0 Å². The van der Waals surface area contributed by atoms with Crippen molar-refractivity contribution in [1.82, 2.24) is 9.97 Å². The Hall–Kier alpha value is -1.61. The van der Waals surface area contributed by atoms with E-state index >= 15 is 0 Å². The molecule has 4 heteroatoms. The molecule has 3 nitrogen and oxygen atoms in total. The van der Waals surface area contributed by atoms with Crippen LogP contribution in [0, 0.1) is 0 Å². The predicted molar refractivity (Wildman–Crippen MR) is 65.6 cm³/mol. The van der Waals surface area contributed by atoms with Gasteiger partial charge in [-0.25, -0.2) is 0 Å². The first kappa shape index (κ1) is 10.9. The van der Waals surface area contributed by atoms with Crippen LogP contribution in [0.25, 0.3) is 0 Å². The Balaban J connectivity index is 2.15. The van der Waals surface area contributed by atoms with Crippen molar-refractivity contribution in [3.8, 4) is 0 Å². The summed E-state index contributed by atoms with van der Waals surface area (Å²) in [5.74, 6) is 0. The van der Waals surface area contributed by atoms with Crippen LogP contribution in [-0.4, -0.2) is 17.0 Å². The van der Waals surface area contributed by atoms with E-state index in [1.165, 1.54) is 0 Å². The second-order valence-electron chi connectivity index (χ2n) is 3.54. The standard InChI is InChI=1S/C12H12ClN3/c1-16(9-10-3-2-5-14-7-10)12-4-6-15-8-11(12)13/h2-8H,9H2,1H3. The number of halogens is 1. The molecule has 0 aliphatic carbocycles. The van der Waals surface area contributed by atoms with Crippen molar-refractivity contribution >= 4 is 17.3 Å². The molecule has 0 amide bonds. The van der Waals surface area contributed by atoms with Crippen LogP contribution in [0.15, 0.2) is 43.0 Å². The van der Waals surface area contributed by atoms with Gasteiger partial charge in [0.05, 0.1) is 10.7 Å². The van der Waals surface area contributed by atoms with Crippen LogP contribution in [0.4, 0.5) is 5.69 Å². The van der Waals surface area contributed by atoms with Crippen LogP contribution in [0.5, 0.6) is 0 Å². The van der Waals surface area contributed by atoms with Gasteiger partial charge in [0.25, 0.3) is 0 Å². The average Bonchev–Trinajstić information content (AvgIpc) is 2.31. The molecule has 2 rings (SSSR count). The van der Waals surface area contributed by atoms with Crippen LogP contribution in [0.2, 0.25) is 5.02 Å². The molecule has 82 valence electrons. The molecule has 0 aliphatic rings. The molecular weight excluding hydrogens is 222 g/mol. The summed E-state index contributed by atoms with van der Waals surface area (Å²) in [7, 11) is 1.99. The normalized spacial score (nSPS) is 10.1. The van der Waals surface area contributed by atoms with E-state index in [0.717, 1.165) is 17.8 Å². The fourth-order valence-corrected chi connectivity index (χ4v) is 1.79. The van der Waals surface area contributed by atoms with Gasteiger partial charge in [0.2, 0.25) is 0 Å². The molecule has 0 aromatic carbocycles. The maximum atomic E-state index is 6.07. The third kappa shape index (κ3) is 2.49. The second-order valence-corrected chi connectivity index (χ2v) is 3.95. The Morgan fingerprint density at radius 2 is 2.00 bits per heavy atom. The van der Waals surface area contributed by atoms with Gasteiger partial charge in [-0.1, -0.05) is 17.7 Å². The van der Waals surface area contributed by atoms with Crippen molar-refractivity contribution in [2.24, 2.45) is 0 Å². The van der Waals surface area contributed by atoms with E-state index in [-0.39, 0.29) is 0 Å². The van der Waals surface area contributed by atoms with Gasteiger partial charge in [-0.05, 0) is 17.7 Å². The Labute approximate surface area is 99.7 Å². The summed E-state index contributed by atoms with van der Waals surface area (Å²) < 4.78 is 0.